The van der Waals surface area contributed by atoms with Crippen LogP contribution in [0.15, 0.2) is 59.4 Å². The number of aliphatic hydroxyl groups excluding tert-OH is 1. The van der Waals surface area contributed by atoms with E-state index in [1.165, 1.54) is 11.0 Å². The molecule has 4 heteroatoms. The third kappa shape index (κ3) is 5.18. The Labute approximate surface area is 149 Å². The molecular formula is C21H25NO3. The van der Waals surface area contributed by atoms with Gasteiger partial charge in [0.15, 0.2) is 5.78 Å². The summed E-state index contributed by atoms with van der Waals surface area (Å²) >= 11 is 0. The van der Waals surface area contributed by atoms with Crippen LogP contribution in [0.3, 0.4) is 0 Å². The molecule has 1 N–H and O–H groups in total. The third-order valence-electron chi connectivity index (χ3n) is 4.15. The van der Waals surface area contributed by atoms with E-state index in [1.54, 1.807) is 13.1 Å². The van der Waals surface area contributed by atoms with Gasteiger partial charge in [0.2, 0.25) is 0 Å². The largest absolute Gasteiger partial charge is 0.507 e. The second kappa shape index (κ2) is 9.02. The second-order valence-corrected chi connectivity index (χ2v) is 6.27. The Hall–Kier alpha value is -2.62. The van der Waals surface area contributed by atoms with Crippen LogP contribution in [0.25, 0.3) is 6.08 Å². The molecule has 0 aliphatic carbocycles. The number of Topliss-reactive ketones (excluding diaryl/α,β-unsaturated/α-hetero) is 1. The molecule has 0 saturated carbocycles. The van der Waals surface area contributed by atoms with Crippen molar-refractivity contribution >= 4 is 17.8 Å². The van der Waals surface area contributed by atoms with Crippen LogP contribution in [0.4, 0.5) is 0 Å². The number of rotatable bonds is 7. The van der Waals surface area contributed by atoms with Gasteiger partial charge in [-0.15, -0.1) is 0 Å². The van der Waals surface area contributed by atoms with Gasteiger partial charge in [0.1, 0.15) is 11.3 Å². The summed E-state index contributed by atoms with van der Waals surface area (Å²) in [6.07, 6.45) is 9.52. The fourth-order valence-corrected chi connectivity index (χ4v) is 2.74. The van der Waals surface area contributed by atoms with Crippen molar-refractivity contribution in [1.29, 1.82) is 0 Å². The summed E-state index contributed by atoms with van der Waals surface area (Å²) in [6, 6.07) is 9.96. The van der Waals surface area contributed by atoms with E-state index in [9.17, 15) is 14.7 Å². The highest BCUT2D eigenvalue weighted by atomic mass is 16.3. The molecule has 1 saturated heterocycles. The van der Waals surface area contributed by atoms with Gasteiger partial charge in [0.25, 0.3) is 5.91 Å². The quantitative estimate of drug-likeness (QED) is 0.268. The van der Waals surface area contributed by atoms with E-state index in [2.05, 4.69) is 13.0 Å². The van der Waals surface area contributed by atoms with E-state index in [0.717, 1.165) is 36.8 Å². The molecule has 1 amide bonds. The Balaban J connectivity index is 2.23. The highest BCUT2D eigenvalue weighted by Crippen LogP contribution is 2.19. The number of amides is 1. The average molecular weight is 339 g/mol. The van der Waals surface area contributed by atoms with E-state index >= 15 is 0 Å². The summed E-state index contributed by atoms with van der Waals surface area (Å²) in [5.74, 6) is -1.02. The first-order chi connectivity index (χ1) is 12.0. The predicted molar refractivity (Wildman–Crippen MR) is 100.0 cm³/mol. The van der Waals surface area contributed by atoms with Gasteiger partial charge < -0.3 is 10.0 Å². The summed E-state index contributed by atoms with van der Waals surface area (Å²) in [4.78, 5) is 25.1. The fraction of sp³-hybridized carbons (Fsp3) is 0.333. The maximum atomic E-state index is 11.9. The number of hydrogen-bond acceptors (Lipinski definition) is 3. The minimum Gasteiger partial charge on any atom is -0.507 e. The number of likely N-dealkylation sites (N-methyl/N-ethyl adjacent to an activating group) is 1. The number of aliphatic hydroxyl groups is 1. The lowest BCUT2D eigenvalue weighted by Crippen LogP contribution is -2.19. The lowest BCUT2D eigenvalue weighted by Gasteiger charge is -2.04. The van der Waals surface area contributed by atoms with Crippen LogP contribution in [-0.2, 0) is 9.59 Å². The van der Waals surface area contributed by atoms with Gasteiger partial charge in [-0.05, 0) is 30.1 Å². The highest BCUT2D eigenvalue weighted by Gasteiger charge is 2.33. The first-order valence-corrected chi connectivity index (χ1v) is 8.68. The molecule has 1 aromatic rings. The summed E-state index contributed by atoms with van der Waals surface area (Å²) in [6.45, 7) is 2.18. The molecule has 132 valence electrons. The van der Waals surface area contributed by atoms with E-state index < -0.39 is 5.91 Å². The molecule has 1 heterocycles. The van der Waals surface area contributed by atoms with E-state index in [4.69, 9.17) is 0 Å². The van der Waals surface area contributed by atoms with Crippen LogP contribution >= 0.6 is 0 Å². The van der Waals surface area contributed by atoms with Crippen molar-refractivity contribution < 1.29 is 14.7 Å². The third-order valence-corrected chi connectivity index (χ3v) is 4.15. The van der Waals surface area contributed by atoms with Gasteiger partial charge in [0.05, 0.1) is 6.54 Å². The van der Waals surface area contributed by atoms with Gasteiger partial charge in [0, 0.05) is 7.05 Å². The van der Waals surface area contributed by atoms with Crippen molar-refractivity contribution in [3.05, 3.63) is 65.0 Å². The number of hydrogen-bond donors (Lipinski definition) is 1. The molecule has 0 unspecified atom stereocenters. The summed E-state index contributed by atoms with van der Waals surface area (Å²) in [7, 11) is 1.55. The summed E-state index contributed by atoms with van der Waals surface area (Å²) in [5.41, 5.74) is 2.02. The van der Waals surface area contributed by atoms with Crippen LogP contribution in [0.2, 0.25) is 0 Å². The van der Waals surface area contributed by atoms with Crippen molar-refractivity contribution in [2.24, 2.45) is 0 Å². The predicted octanol–water partition coefficient (Wildman–Crippen LogP) is 4.06. The molecule has 4 nitrogen and oxygen atoms in total. The minimum atomic E-state index is -0.424. The van der Waals surface area contributed by atoms with Gasteiger partial charge in [-0.25, -0.2) is 0 Å². The monoisotopic (exact) mass is 339 g/mol. The molecule has 2 rings (SSSR count). The maximum Gasteiger partial charge on any atom is 0.261 e. The van der Waals surface area contributed by atoms with Crippen LogP contribution in [-0.4, -0.2) is 35.3 Å². The van der Waals surface area contributed by atoms with Crippen molar-refractivity contribution in [3.8, 4) is 0 Å². The molecular weight excluding hydrogens is 314 g/mol. The van der Waals surface area contributed by atoms with Crippen molar-refractivity contribution in [1.82, 2.24) is 4.90 Å². The van der Waals surface area contributed by atoms with E-state index in [1.807, 2.05) is 30.3 Å². The van der Waals surface area contributed by atoms with Gasteiger partial charge in [-0.1, -0.05) is 62.2 Å². The highest BCUT2D eigenvalue weighted by molar-refractivity contribution is 6.25. The molecule has 1 fully saturated rings. The fourth-order valence-electron chi connectivity index (χ4n) is 2.74. The molecule has 1 aliphatic rings. The average Bonchev–Trinajstić information content (AvgIpc) is 2.85. The minimum absolute atomic E-state index is 0.0231. The molecule has 0 radical (unpaired) electrons. The lowest BCUT2D eigenvalue weighted by atomic mass is 10.0. The van der Waals surface area contributed by atoms with Gasteiger partial charge in [-0.2, -0.15) is 0 Å². The van der Waals surface area contributed by atoms with Gasteiger partial charge in [-0.3, -0.25) is 9.59 Å². The van der Waals surface area contributed by atoms with Crippen molar-refractivity contribution in [2.75, 3.05) is 13.6 Å². The molecule has 1 aliphatic heterocycles. The van der Waals surface area contributed by atoms with Crippen molar-refractivity contribution in [3.63, 3.8) is 0 Å². The zero-order valence-electron chi connectivity index (χ0n) is 14.9. The molecule has 25 heavy (non-hydrogen) atoms. The maximum absolute atomic E-state index is 11.9. The smallest absolute Gasteiger partial charge is 0.261 e. The Morgan fingerprint density at radius 3 is 2.48 bits per heavy atom. The number of carbonyl (C=O) groups is 2. The molecule has 0 aromatic heterocycles. The van der Waals surface area contributed by atoms with E-state index in [0.29, 0.717) is 0 Å². The molecule has 0 atom stereocenters. The zero-order valence-corrected chi connectivity index (χ0v) is 14.9. The molecule has 0 spiro atoms. The standard InChI is InChI=1S/C21H25NO3/c1-3-4-6-9-17(14-16-10-7-5-8-11-16)12-13-18(23)20-19(24)15-22(2)21(20)25/h5,7-8,10-14,23H,3-4,6,9,15H2,1-2H3/b13-12+,17-14+,20-18-. The summed E-state index contributed by atoms with van der Waals surface area (Å²) in [5, 5.41) is 10.2. The first kappa shape index (κ1) is 18.7. The van der Waals surface area contributed by atoms with Crippen molar-refractivity contribution in [2.45, 2.75) is 32.6 Å². The Bertz CT molecular complexity index is 714. The SMILES string of the molecule is CCCCCC(/C=C/C(O)=C1\C(=O)CN(C)C1=O)=C\c1ccccc1. The Morgan fingerprint density at radius 1 is 1.16 bits per heavy atom. The number of ketones is 1. The molecule has 0 bridgehead atoms. The Morgan fingerprint density at radius 2 is 1.88 bits per heavy atom. The van der Waals surface area contributed by atoms with Gasteiger partial charge >= 0.3 is 0 Å². The Kier molecular flexibility index (Phi) is 6.75. The lowest BCUT2D eigenvalue weighted by molar-refractivity contribution is -0.123. The van der Waals surface area contributed by atoms with Crippen LogP contribution < -0.4 is 0 Å². The second-order valence-electron chi connectivity index (χ2n) is 6.27. The molecule has 1 aromatic carbocycles. The normalized spacial score (nSPS) is 17.7. The number of likely N-dealkylation sites (tertiary alicyclic amines) is 1. The van der Waals surface area contributed by atoms with Crippen LogP contribution in [0, 0.1) is 0 Å². The number of benzene rings is 1. The number of carbonyl (C=O) groups excluding carboxylic acids is 2. The number of unbranched alkanes of at least 4 members (excludes halogenated alkanes) is 2. The number of nitrogens with zero attached hydrogens (tertiary/aromatic N) is 1. The topological polar surface area (TPSA) is 57.6 Å². The summed E-state index contributed by atoms with van der Waals surface area (Å²) < 4.78 is 0. The first-order valence-electron chi connectivity index (χ1n) is 8.68. The van der Waals surface area contributed by atoms with E-state index in [-0.39, 0.29) is 23.7 Å². The zero-order chi connectivity index (χ0) is 18.2. The number of allylic oxidation sites excluding steroid dienone is 3. The van der Waals surface area contributed by atoms with Crippen LogP contribution in [0.5, 0.6) is 0 Å². The van der Waals surface area contributed by atoms with Crippen LogP contribution in [0.1, 0.15) is 38.2 Å².